The van der Waals surface area contributed by atoms with Crippen LogP contribution in [0.15, 0.2) is 33.7 Å². The molecule has 6 heteroatoms. The van der Waals surface area contributed by atoms with Gasteiger partial charge in [-0.25, -0.2) is 0 Å². The van der Waals surface area contributed by atoms with Crippen LogP contribution in [0.3, 0.4) is 0 Å². The molecule has 1 unspecified atom stereocenters. The SMILES string of the molecule is CCCCC1=CC(C(=O)NCc2c(C)cc(C)[nH]c2=O)=C(C)C(C)(N(CC)C2CCC(N(C)C)CC2)C1. The zero-order chi connectivity index (χ0) is 27.3. The van der Waals surface area contributed by atoms with Gasteiger partial charge in [0.15, 0.2) is 0 Å². The van der Waals surface area contributed by atoms with Crippen LogP contribution in [0.1, 0.15) is 95.9 Å². The second kappa shape index (κ2) is 12.6. The van der Waals surface area contributed by atoms with E-state index in [2.05, 4.69) is 68.0 Å². The van der Waals surface area contributed by atoms with Crippen LogP contribution in [0.5, 0.6) is 0 Å². The molecule has 1 saturated carbocycles. The van der Waals surface area contributed by atoms with E-state index in [0.717, 1.165) is 54.6 Å². The Bertz CT molecular complexity index is 1080. The molecule has 3 rings (SSSR count). The molecule has 0 bridgehead atoms. The zero-order valence-corrected chi connectivity index (χ0v) is 24.6. The summed E-state index contributed by atoms with van der Waals surface area (Å²) in [5.41, 5.74) is 5.35. The van der Waals surface area contributed by atoms with Crippen molar-refractivity contribution in [3.63, 3.8) is 0 Å². The summed E-state index contributed by atoms with van der Waals surface area (Å²) in [5.74, 6) is -0.0795. The Hall–Kier alpha value is -2.18. The standard InChI is InChI=1S/C31H50N4O2/c1-9-11-12-24-18-27(29(36)32-20-28-21(3)17-22(4)33-30(28)37)23(5)31(6,19-24)35(10-2)26-15-13-25(14-16-26)34(7)8/h17-18,25-26H,9-16,19-20H2,1-8H3,(H,32,36)(H,33,37). The summed E-state index contributed by atoms with van der Waals surface area (Å²) in [6.45, 7) is 14.0. The van der Waals surface area contributed by atoms with E-state index in [4.69, 9.17) is 0 Å². The van der Waals surface area contributed by atoms with Gasteiger partial charge in [-0.2, -0.15) is 0 Å². The molecule has 0 spiro atoms. The van der Waals surface area contributed by atoms with Crippen LogP contribution in [0, 0.1) is 13.8 Å². The normalized spacial score (nSPS) is 24.5. The number of aryl methyl sites for hydroxylation is 2. The third-order valence-corrected chi connectivity index (χ3v) is 8.96. The van der Waals surface area contributed by atoms with E-state index in [9.17, 15) is 9.59 Å². The van der Waals surface area contributed by atoms with Crippen molar-refractivity contribution in [2.24, 2.45) is 0 Å². The molecule has 206 valence electrons. The maximum absolute atomic E-state index is 13.6. The molecule has 0 aromatic carbocycles. The fraction of sp³-hybridized carbons (Fsp3) is 0.677. The number of carbonyl (C=O) groups excluding carboxylic acids is 1. The van der Waals surface area contributed by atoms with Crippen molar-refractivity contribution in [2.75, 3.05) is 20.6 Å². The lowest BCUT2D eigenvalue weighted by molar-refractivity contribution is -0.117. The van der Waals surface area contributed by atoms with Crippen LogP contribution >= 0.6 is 0 Å². The third kappa shape index (κ3) is 6.64. The van der Waals surface area contributed by atoms with E-state index in [-0.39, 0.29) is 23.6 Å². The topological polar surface area (TPSA) is 68.4 Å². The van der Waals surface area contributed by atoms with E-state index in [0.29, 0.717) is 17.6 Å². The number of unbranched alkanes of at least 4 members (excludes halogenated alkanes) is 1. The molecule has 1 heterocycles. The molecule has 0 radical (unpaired) electrons. The molecular formula is C31H50N4O2. The number of carbonyl (C=O) groups is 1. The average Bonchev–Trinajstić information content (AvgIpc) is 2.84. The Kier molecular flexibility index (Phi) is 9.99. The van der Waals surface area contributed by atoms with Gasteiger partial charge in [0.25, 0.3) is 11.5 Å². The number of hydrogen-bond donors (Lipinski definition) is 2. The molecule has 2 aliphatic rings. The summed E-state index contributed by atoms with van der Waals surface area (Å²) in [6.07, 6.45) is 11.3. The van der Waals surface area contributed by atoms with Gasteiger partial charge in [0.05, 0.1) is 0 Å². The van der Waals surface area contributed by atoms with E-state index < -0.39 is 0 Å². The molecule has 1 aromatic heterocycles. The Balaban J connectivity index is 1.89. The highest BCUT2D eigenvalue weighted by Gasteiger charge is 2.42. The molecule has 6 nitrogen and oxygen atoms in total. The minimum absolute atomic E-state index is 0.0795. The highest BCUT2D eigenvalue weighted by molar-refractivity contribution is 5.97. The first kappa shape index (κ1) is 29.4. The highest BCUT2D eigenvalue weighted by Crippen LogP contribution is 2.42. The summed E-state index contributed by atoms with van der Waals surface area (Å²) in [7, 11) is 4.39. The fourth-order valence-electron chi connectivity index (χ4n) is 6.61. The van der Waals surface area contributed by atoms with Gasteiger partial charge in [-0.1, -0.05) is 31.9 Å². The maximum Gasteiger partial charge on any atom is 0.253 e. The predicted molar refractivity (Wildman–Crippen MR) is 154 cm³/mol. The predicted octanol–water partition coefficient (Wildman–Crippen LogP) is 5.40. The number of likely N-dealkylation sites (N-methyl/N-ethyl adjacent to an activating group) is 1. The van der Waals surface area contributed by atoms with Gasteiger partial charge in [-0.3, -0.25) is 14.5 Å². The Morgan fingerprint density at radius 2 is 1.76 bits per heavy atom. The van der Waals surface area contributed by atoms with Crippen molar-refractivity contribution >= 4 is 5.91 Å². The van der Waals surface area contributed by atoms with Crippen LogP contribution in [-0.2, 0) is 11.3 Å². The lowest BCUT2D eigenvalue weighted by Crippen LogP contribution is -2.55. The lowest BCUT2D eigenvalue weighted by atomic mass is 9.74. The van der Waals surface area contributed by atoms with Crippen LogP contribution in [0.25, 0.3) is 0 Å². The first-order valence-electron chi connectivity index (χ1n) is 14.3. The van der Waals surface area contributed by atoms with Gasteiger partial charge in [0.2, 0.25) is 0 Å². The molecule has 1 aromatic rings. The molecule has 0 saturated heterocycles. The van der Waals surface area contributed by atoms with Gasteiger partial charge >= 0.3 is 0 Å². The van der Waals surface area contributed by atoms with Gasteiger partial charge in [-0.15, -0.1) is 0 Å². The smallest absolute Gasteiger partial charge is 0.253 e. The Labute approximate surface area is 224 Å². The second-order valence-electron chi connectivity index (χ2n) is 11.7. The lowest BCUT2D eigenvalue weighted by Gasteiger charge is -2.50. The second-order valence-corrected chi connectivity index (χ2v) is 11.7. The van der Waals surface area contributed by atoms with Crippen molar-refractivity contribution in [1.82, 2.24) is 20.1 Å². The molecule has 1 atom stereocenters. The van der Waals surface area contributed by atoms with Crippen LogP contribution in [0.4, 0.5) is 0 Å². The van der Waals surface area contributed by atoms with Crippen molar-refractivity contribution in [2.45, 2.75) is 117 Å². The number of amides is 1. The number of nitrogens with zero attached hydrogens (tertiary/aromatic N) is 2. The summed E-state index contributed by atoms with van der Waals surface area (Å²) in [5, 5.41) is 3.08. The van der Waals surface area contributed by atoms with E-state index >= 15 is 0 Å². The summed E-state index contributed by atoms with van der Waals surface area (Å²) in [6, 6.07) is 3.16. The van der Waals surface area contributed by atoms with Crippen LogP contribution in [0.2, 0.25) is 0 Å². The molecule has 37 heavy (non-hydrogen) atoms. The number of aromatic amines is 1. The zero-order valence-electron chi connectivity index (χ0n) is 24.6. The van der Waals surface area contributed by atoms with Crippen molar-refractivity contribution in [1.29, 1.82) is 0 Å². The largest absolute Gasteiger partial charge is 0.348 e. The maximum atomic E-state index is 13.6. The minimum Gasteiger partial charge on any atom is -0.348 e. The van der Waals surface area contributed by atoms with E-state index in [1.165, 1.54) is 31.3 Å². The molecule has 1 fully saturated rings. The van der Waals surface area contributed by atoms with E-state index in [1.54, 1.807) is 0 Å². The van der Waals surface area contributed by atoms with Crippen molar-refractivity contribution in [3.05, 3.63) is 56.0 Å². The monoisotopic (exact) mass is 510 g/mol. The van der Waals surface area contributed by atoms with Gasteiger partial charge in [0.1, 0.15) is 0 Å². The number of hydrogen-bond acceptors (Lipinski definition) is 4. The van der Waals surface area contributed by atoms with Gasteiger partial charge in [-0.05, 0) is 110 Å². The van der Waals surface area contributed by atoms with Crippen molar-refractivity contribution < 1.29 is 4.79 Å². The van der Waals surface area contributed by atoms with E-state index in [1.807, 2.05) is 19.9 Å². The van der Waals surface area contributed by atoms with Gasteiger partial charge in [0, 0.05) is 41.0 Å². The first-order valence-corrected chi connectivity index (χ1v) is 14.3. The van der Waals surface area contributed by atoms with Crippen molar-refractivity contribution in [3.8, 4) is 0 Å². The number of aromatic nitrogens is 1. The number of rotatable bonds is 10. The third-order valence-electron chi connectivity index (χ3n) is 8.96. The summed E-state index contributed by atoms with van der Waals surface area (Å²) in [4.78, 5) is 34.1. The molecule has 2 N–H and O–H groups in total. The average molecular weight is 511 g/mol. The number of H-pyrrole nitrogens is 1. The molecule has 2 aliphatic carbocycles. The first-order chi connectivity index (χ1) is 17.5. The van der Waals surface area contributed by atoms with Gasteiger partial charge < -0.3 is 15.2 Å². The molecular weight excluding hydrogens is 460 g/mol. The Morgan fingerprint density at radius 1 is 1.11 bits per heavy atom. The summed E-state index contributed by atoms with van der Waals surface area (Å²) < 4.78 is 0. The molecule has 0 aliphatic heterocycles. The highest BCUT2D eigenvalue weighted by atomic mass is 16.2. The Morgan fingerprint density at radius 3 is 2.32 bits per heavy atom. The fourth-order valence-corrected chi connectivity index (χ4v) is 6.61. The quantitative estimate of drug-likeness (QED) is 0.442. The van der Waals surface area contributed by atoms with Crippen LogP contribution in [-0.4, -0.2) is 59.0 Å². The summed E-state index contributed by atoms with van der Waals surface area (Å²) >= 11 is 0. The molecule has 1 amide bonds. The number of nitrogens with one attached hydrogen (secondary N) is 2. The van der Waals surface area contributed by atoms with Crippen LogP contribution < -0.4 is 10.9 Å². The minimum atomic E-state index is -0.188. The number of pyridine rings is 1.